The number of amides is 1. The van der Waals surface area contributed by atoms with Gasteiger partial charge in [-0.2, -0.15) is 0 Å². The Balaban J connectivity index is 1.59. The molecule has 0 saturated carbocycles. The third-order valence-electron chi connectivity index (χ3n) is 4.38. The highest BCUT2D eigenvalue weighted by atomic mass is 79.9. The van der Waals surface area contributed by atoms with Crippen LogP contribution in [0.4, 0.5) is 5.69 Å². The average Bonchev–Trinajstić information content (AvgIpc) is 2.60. The van der Waals surface area contributed by atoms with Crippen molar-refractivity contribution in [3.8, 4) is 0 Å². The number of carbonyl (C=O) groups is 1. The molecule has 0 aliphatic carbocycles. The van der Waals surface area contributed by atoms with E-state index in [4.69, 9.17) is 11.6 Å². The average molecular weight is 487 g/mol. The molecule has 1 unspecified atom stereocenters. The zero-order valence-electron chi connectivity index (χ0n) is 13.6. The Labute approximate surface area is 170 Å². The quantitative estimate of drug-likeness (QED) is 0.600. The van der Waals surface area contributed by atoms with Gasteiger partial charge in [0.05, 0.1) is 10.9 Å². The standard InChI is InChI=1S/C19H19Br2ClN2O/c20-15-5-3-13(4-6-15)11-24-9-1-2-14(12-24)19(25)23-16-7-8-17(21)18(22)10-16/h3-8,10,14H,1-2,9,11-12H2,(H,23,25). The third-order valence-corrected chi connectivity index (χ3v) is 6.14. The van der Waals surface area contributed by atoms with E-state index < -0.39 is 0 Å². The second kappa shape index (κ2) is 8.67. The first-order valence-electron chi connectivity index (χ1n) is 8.24. The van der Waals surface area contributed by atoms with Crippen LogP contribution in [0.25, 0.3) is 0 Å². The number of likely N-dealkylation sites (tertiary alicyclic amines) is 1. The molecule has 2 aromatic rings. The van der Waals surface area contributed by atoms with Crippen LogP contribution in [-0.4, -0.2) is 23.9 Å². The van der Waals surface area contributed by atoms with Gasteiger partial charge in [-0.3, -0.25) is 9.69 Å². The highest BCUT2D eigenvalue weighted by molar-refractivity contribution is 9.10. The first-order valence-corrected chi connectivity index (χ1v) is 10.2. The lowest BCUT2D eigenvalue weighted by atomic mass is 9.96. The van der Waals surface area contributed by atoms with Crippen LogP contribution in [0.2, 0.25) is 5.02 Å². The van der Waals surface area contributed by atoms with Crippen molar-refractivity contribution in [3.63, 3.8) is 0 Å². The van der Waals surface area contributed by atoms with E-state index in [-0.39, 0.29) is 11.8 Å². The van der Waals surface area contributed by atoms with Crippen LogP contribution in [0.5, 0.6) is 0 Å². The molecule has 6 heteroatoms. The lowest BCUT2D eigenvalue weighted by Gasteiger charge is -2.32. The minimum absolute atomic E-state index is 0.00613. The molecule has 2 aromatic carbocycles. The second-order valence-electron chi connectivity index (χ2n) is 6.32. The summed E-state index contributed by atoms with van der Waals surface area (Å²) in [4.78, 5) is 15.0. The molecule has 0 radical (unpaired) electrons. The zero-order chi connectivity index (χ0) is 17.8. The van der Waals surface area contributed by atoms with Crippen molar-refractivity contribution in [2.75, 3.05) is 18.4 Å². The fourth-order valence-corrected chi connectivity index (χ4v) is 3.77. The first kappa shape index (κ1) is 18.9. The van der Waals surface area contributed by atoms with E-state index in [0.29, 0.717) is 5.02 Å². The van der Waals surface area contributed by atoms with Crippen LogP contribution in [0, 0.1) is 5.92 Å². The molecule has 0 bridgehead atoms. The van der Waals surface area contributed by atoms with Gasteiger partial charge in [-0.25, -0.2) is 0 Å². The fraction of sp³-hybridized carbons (Fsp3) is 0.316. The molecule has 132 valence electrons. The zero-order valence-corrected chi connectivity index (χ0v) is 17.6. The maximum absolute atomic E-state index is 12.6. The van der Waals surface area contributed by atoms with Crippen molar-refractivity contribution in [2.24, 2.45) is 5.92 Å². The van der Waals surface area contributed by atoms with Gasteiger partial charge < -0.3 is 5.32 Å². The topological polar surface area (TPSA) is 32.3 Å². The molecule has 1 N–H and O–H groups in total. The summed E-state index contributed by atoms with van der Waals surface area (Å²) in [6.45, 7) is 2.69. The number of nitrogens with one attached hydrogen (secondary N) is 1. The van der Waals surface area contributed by atoms with Crippen molar-refractivity contribution < 1.29 is 4.79 Å². The van der Waals surface area contributed by atoms with Gasteiger partial charge in [0.15, 0.2) is 0 Å². The van der Waals surface area contributed by atoms with Crippen molar-refractivity contribution in [2.45, 2.75) is 19.4 Å². The summed E-state index contributed by atoms with van der Waals surface area (Å²) in [7, 11) is 0. The molecule has 1 saturated heterocycles. The SMILES string of the molecule is O=C(Nc1ccc(Br)c(Cl)c1)C1CCCN(Cc2ccc(Br)cc2)C1. The fourth-order valence-electron chi connectivity index (χ4n) is 3.08. The van der Waals surface area contributed by atoms with Gasteiger partial charge in [-0.1, -0.05) is 39.7 Å². The predicted octanol–water partition coefficient (Wildman–Crippen LogP) is 5.72. The number of piperidine rings is 1. The van der Waals surface area contributed by atoms with Crippen LogP contribution in [0.15, 0.2) is 51.4 Å². The van der Waals surface area contributed by atoms with E-state index in [1.54, 1.807) is 6.07 Å². The van der Waals surface area contributed by atoms with Crippen molar-refractivity contribution >= 4 is 55.1 Å². The maximum atomic E-state index is 12.6. The van der Waals surface area contributed by atoms with Gasteiger partial charge in [0.1, 0.15) is 0 Å². The summed E-state index contributed by atoms with van der Waals surface area (Å²) in [5.41, 5.74) is 2.01. The van der Waals surface area contributed by atoms with Gasteiger partial charge in [-0.05, 0) is 71.2 Å². The summed E-state index contributed by atoms with van der Waals surface area (Å²) in [6.07, 6.45) is 1.96. The molecule has 3 rings (SSSR count). The smallest absolute Gasteiger partial charge is 0.228 e. The molecule has 3 nitrogen and oxygen atoms in total. The maximum Gasteiger partial charge on any atom is 0.228 e. The number of benzene rings is 2. The van der Waals surface area contributed by atoms with E-state index in [2.05, 4.69) is 66.3 Å². The molecular weight excluding hydrogens is 467 g/mol. The number of rotatable bonds is 4. The molecule has 1 atom stereocenters. The number of anilines is 1. The third kappa shape index (κ3) is 5.30. The molecule has 0 spiro atoms. The summed E-state index contributed by atoms with van der Waals surface area (Å²) >= 11 is 12.9. The molecule has 1 amide bonds. The summed E-state index contributed by atoms with van der Waals surface area (Å²) in [5.74, 6) is 0.0746. The lowest BCUT2D eigenvalue weighted by Crippen LogP contribution is -2.40. The Bertz CT molecular complexity index is 752. The normalized spacial score (nSPS) is 18.1. The predicted molar refractivity (Wildman–Crippen MR) is 110 cm³/mol. The van der Waals surface area contributed by atoms with E-state index >= 15 is 0 Å². The first-order chi connectivity index (χ1) is 12.0. The number of hydrogen-bond donors (Lipinski definition) is 1. The number of halogens is 3. The van der Waals surface area contributed by atoms with Crippen molar-refractivity contribution in [1.82, 2.24) is 4.90 Å². The summed E-state index contributed by atoms with van der Waals surface area (Å²) in [6, 6.07) is 13.8. The minimum Gasteiger partial charge on any atom is -0.326 e. The van der Waals surface area contributed by atoms with Gasteiger partial charge in [0, 0.05) is 27.7 Å². The molecule has 1 aliphatic heterocycles. The van der Waals surface area contributed by atoms with Gasteiger partial charge in [0.25, 0.3) is 0 Å². The summed E-state index contributed by atoms with van der Waals surface area (Å²) in [5, 5.41) is 3.59. The van der Waals surface area contributed by atoms with E-state index in [0.717, 1.165) is 47.1 Å². The van der Waals surface area contributed by atoms with Crippen molar-refractivity contribution in [3.05, 3.63) is 62.0 Å². The van der Waals surface area contributed by atoms with Gasteiger partial charge >= 0.3 is 0 Å². The molecule has 1 aliphatic rings. The Morgan fingerprint density at radius 2 is 1.96 bits per heavy atom. The van der Waals surface area contributed by atoms with Gasteiger partial charge in [0.2, 0.25) is 5.91 Å². The highest BCUT2D eigenvalue weighted by Crippen LogP contribution is 2.27. The molecular formula is C19H19Br2ClN2O. The van der Waals surface area contributed by atoms with Crippen LogP contribution in [-0.2, 0) is 11.3 Å². The van der Waals surface area contributed by atoms with Crippen LogP contribution in [0.1, 0.15) is 18.4 Å². The lowest BCUT2D eigenvalue weighted by molar-refractivity contribution is -0.121. The highest BCUT2D eigenvalue weighted by Gasteiger charge is 2.26. The van der Waals surface area contributed by atoms with Gasteiger partial charge in [-0.15, -0.1) is 0 Å². The van der Waals surface area contributed by atoms with Crippen LogP contribution >= 0.6 is 43.5 Å². The minimum atomic E-state index is 0.00613. The van der Waals surface area contributed by atoms with E-state index in [9.17, 15) is 4.79 Å². The molecule has 0 aromatic heterocycles. The van der Waals surface area contributed by atoms with Crippen molar-refractivity contribution in [1.29, 1.82) is 0 Å². The van der Waals surface area contributed by atoms with Crippen LogP contribution in [0.3, 0.4) is 0 Å². The number of nitrogens with zero attached hydrogens (tertiary/aromatic N) is 1. The Morgan fingerprint density at radius 1 is 1.20 bits per heavy atom. The van der Waals surface area contributed by atoms with Crippen LogP contribution < -0.4 is 5.32 Å². The summed E-state index contributed by atoms with van der Waals surface area (Å²) < 4.78 is 1.91. The number of hydrogen-bond acceptors (Lipinski definition) is 2. The number of carbonyl (C=O) groups excluding carboxylic acids is 1. The Hall–Kier alpha value is -0.880. The largest absolute Gasteiger partial charge is 0.326 e. The van der Waals surface area contributed by atoms with E-state index in [1.165, 1.54) is 5.56 Å². The second-order valence-corrected chi connectivity index (χ2v) is 8.50. The van der Waals surface area contributed by atoms with E-state index in [1.807, 2.05) is 12.1 Å². The Kier molecular flexibility index (Phi) is 6.55. The molecule has 1 heterocycles. The monoisotopic (exact) mass is 484 g/mol. The Morgan fingerprint density at radius 3 is 2.68 bits per heavy atom. The molecule has 25 heavy (non-hydrogen) atoms. The molecule has 1 fully saturated rings.